The van der Waals surface area contributed by atoms with Gasteiger partial charge in [0.2, 0.25) is 23.3 Å². The summed E-state index contributed by atoms with van der Waals surface area (Å²) < 4.78 is 316. The fourth-order valence-electron chi connectivity index (χ4n) is 11.1. The second kappa shape index (κ2) is 24.0. The molecule has 0 saturated heterocycles. The van der Waals surface area contributed by atoms with E-state index >= 15 is 70.2 Å². The summed E-state index contributed by atoms with van der Waals surface area (Å²) in [4.78, 5) is 22.8. The van der Waals surface area contributed by atoms with Crippen LogP contribution in [-0.4, -0.2) is 29.9 Å². The van der Waals surface area contributed by atoms with E-state index in [1.807, 2.05) is 0 Å². The van der Waals surface area contributed by atoms with E-state index in [2.05, 4.69) is 29.9 Å². The average Bonchev–Trinajstić information content (AvgIpc) is 1.52. The Bertz CT molecular complexity index is 5070. The molecule has 30 heteroatoms. The van der Waals surface area contributed by atoms with Crippen LogP contribution in [0.15, 0.2) is 60.7 Å². The molecule has 12 bridgehead atoms. The maximum absolute atomic E-state index is 16.5. The average molecular weight is 1420 g/mol. The quantitative estimate of drug-likeness (QED) is 0.0987. The predicted octanol–water partition coefficient (Wildman–Crippen LogP) is 22.1. The second-order valence-corrected chi connectivity index (χ2v) is 22.3. The predicted molar refractivity (Wildman–Crippen MR) is 319 cm³/mol. The third-order valence-electron chi connectivity index (χ3n) is 15.3. The Morgan fingerprint density at radius 2 is 0.344 bits per heavy atom. The first-order valence-electron chi connectivity index (χ1n) is 26.8. The van der Waals surface area contributed by atoms with Crippen LogP contribution < -0.4 is 0 Å². The SMILES string of the molecule is Fc1c(F)c(F)c(-c2c3nc(c(-c4c(Cl)cccc4Cl)c4ccc([nH]4)c(-c4c(F)c(F)c(F)c(F)c4F)c4nc(c(-c5c(F)c(F)c(F)c(F)c5F)c5nc(c(-c6c(Cl)cccc6Cl)c6ccc([nH]6)c(-c6c(F)c(F)c(F)c(F)c6F)c6nc2C=C6)C=C5)C=C4)C=C3)c(F)c1F. The van der Waals surface area contributed by atoms with Crippen LogP contribution in [0.5, 0.6) is 0 Å². The van der Waals surface area contributed by atoms with Crippen LogP contribution in [0, 0.1) is 116 Å². The van der Waals surface area contributed by atoms with Crippen molar-refractivity contribution in [2.45, 2.75) is 0 Å². The molecule has 7 heterocycles. The minimum atomic E-state index is -2.68. The van der Waals surface area contributed by atoms with Crippen LogP contribution in [0.3, 0.4) is 0 Å². The first-order valence-corrected chi connectivity index (χ1v) is 28.3. The summed E-state index contributed by atoms with van der Waals surface area (Å²) in [6, 6.07) is 11.3. The molecule has 0 aliphatic carbocycles. The second-order valence-electron chi connectivity index (χ2n) is 20.7. The van der Waals surface area contributed by atoms with Crippen molar-refractivity contribution in [1.82, 2.24) is 29.9 Å². The molecule has 6 nitrogen and oxygen atoms in total. The van der Waals surface area contributed by atoms with Crippen molar-refractivity contribution in [3.05, 3.63) is 243 Å². The summed E-state index contributed by atoms with van der Waals surface area (Å²) in [6.07, 6.45) is 6.62. The number of benzene rings is 6. The third-order valence-corrected chi connectivity index (χ3v) is 16.6. The molecule has 96 heavy (non-hydrogen) atoms. The van der Waals surface area contributed by atoms with Crippen LogP contribution in [0.2, 0.25) is 20.1 Å². The molecule has 0 fully saturated rings. The Morgan fingerprint density at radius 3 is 0.542 bits per heavy atom. The van der Waals surface area contributed by atoms with E-state index in [0.29, 0.717) is 0 Å². The highest BCUT2D eigenvalue weighted by Crippen LogP contribution is 2.48. The molecule has 482 valence electrons. The number of aromatic nitrogens is 6. The first kappa shape index (κ1) is 64.7. The maximum Gasteiger partial charge on any atom is 0.200 e. The highest BCUT2D eigenvalue weighted by atomic mass is 35.5. The van der Waals surface area contributed by atoms with Gasteiger partial charge in [0.25, 0.3) is 0 Å². The van der Waals surface area contributed by atoms with Crippen molar-refractivity contribution in [3.63, 3.8) is 0 Å². The minimum Gasteiger partial charge on any atom is -0.354 e. The molecular weight excluding hydrogens is 1400 g/mol. The summed E-state index contributed by atoms with van der Waals surface area (Å²) in [5.74, 6) is -51.6. The molecule has 0 spiro atoms. The van der Waals surface area contributed by atoms with Crippen molar-refractivity contribution in [1.29, 1.82) is 0 Å². The summed E-state index contributed by atoms with van der Waals surface area (Å²) in [5.41, 5.74) is -21.8. The standard InChI is InChI=1S/C66H20Cl4F20N6/c67-19-3-1-4-20(68)35(19)37-23-7-11-27(91-23)39(43-47(71)55(79)63(87)56(80)48(43)72)31-15-17-33(95-31)41(45-51(75)59(83)65(89)60(84)52(45)76)29-13-9-25(93-29)38(36-21(69)5-2-6-22(36)70)26-10-14-30(94-26)42(46-53(77)61(85)66(90)62(86)54(46)78)34-18-16-32(96-34)40(28-12-8-24(37)92-28)44-49(73)57(81)64(88)58(82)50(44)74/h1-18,91,94H. The zero-order chi connectivity index (χ0) is 68.7. The van der Waals surface area contributed by atoms with Gasteiger partial charge in [0.05, 0.1) is 87.9 Å². The molecule has 0 amide bonds. The van der Waals surface area contributed by atoms with Gasteiger partial charge >= 0.3 is 0 Å². The van der Waals surface area contributed by atoms with E-state index < -0.39 is 240 Å². The zero-order valence-corrected chi connectivity index (χ0v) is 49.3. The molecule has 13 rings (SSSR count). The number of nitrogens with zero attached hydrogens (tertiary/aromatic N) is 4. The summed E-state index contributed by atoms with van der Waals surface area (Å²) >= 11 is 27.1. The van der Waals surface area contributed by atoms with Crippen molar-refractivity contribution >= 4 is 117 Å². The molecule has 0 atom stereocenters. The lowest BCUT2D eigenvalue weighted by Gasteiger charge is -2.12. The molecular formula is C66H20Cl4F20N6. The lowest BCUT2D eigenvalue weighted by atomic mass is 10.00. The Balaban J connectivity index is 1.32. The molecule has 0 unspecified atom stereocenters. The Hall–Kier alpha value is -10.0. The zero-order valence-electron chi connectivity index (χ0n) is 46.3. The minimum absolute atomic E-state index is 0.286. The number of aromatic amines is 2. The van der Waals surface area contributed by atoms with Crippen molar-refractivity contribution in [3.8, 4) is 66.8 Å². The van der Waals surface area contributed by atoms with E-state index in [1.165, 1.54) is 36.4 Å². The lowest BCUT2D eigenvalue weighted by molar-refractivity contribution is 0.381. The van der Waals surface area contributed by atoms with Gasteiger partial charge in [-0.25, -0.2) is 108 Å². The lowest BCUT2D eigenvalue weighted by Crippen LogP contribution is -2.06. The summed E-state index contributed by atoms with van der Waals surface area (Å²) in [5, 5.41) is -1.19. The molecule has 0 saturated carbocycles. The van der Waals surface area contributed by atoms with E-state index in [4.69, 9.17) is 46.4 Å². The molecule has 2 N–H and O–H groups in total. The largest absolute Gasteiger partial charge is 0.354 e. The smallest absolute Gasteiger partial charge is 0.200 e. The monoisotopic (exact) mass is 1420 g/mol. The van der Waals surface area contributed by atoms with Gasteiger partial charge in [-0.3, -0.25) is 0 Å². The van der Waals surface area contributed by atoms with Gasteiger partial charge in [0.1, 0.15) is 0 Å². The molecule has 4 aliphatic heterocycles. The molecule has 4 aliphatic rings. The normalized spacial score (nSPS) is 12.4. The Morgan fingerprint density at radius 1 is 0.188 bits per heavy atom. The van der Waals surface area contributed by atoms with Crippen LogP contribution in [0.4, 0.5) is 87.8 Å². The first-order chi connectivity index (χ1) is 45.6. The Kier molecular flexibility index (Phi) is 16.2. The number of hydrogen-bond acceptors (Lipinski definition) is 4. The fraction of sp³-hybridized carbons (Fsp3) is 0. The van der Waals surface area contributed by atoms with Gasteiger partial charge < -0.3 is 9.97 Å². The maximum atomic E-state index is 16.5. The summed E-state index contributed by atoms with van der Waals surface area (Å²) in [7, 11) is 0. The van der Waals surface area contributed by atoms with Crippen LogP contribution >= 0.6 is 46.4 Å². The number of halogens is 24. The number of fused-ring (bicyclic) bond motifs is 12. The van der Waals surface area contributed by atoms with Crippen molar-refractivity contribution in [2.75, 3.05) is 0 Å². The van der Waals surface area contributed by atoms with Crippen molar-refractivity contribution < 1.29 is 87.8 Å². The highest BCUT2D eigenvalue weighted by Gasteiger charge is 2.36. The van der Waals surface area contributed by atoms with Crippen LogP contribution in [0.25, 0.3) is 137 Å². The van der Waals surface area contributed by atoms with E-state index in [-0.39, 0.29) is 31.2 Å². The van der Waals surface area contributed by atoms with E-state index in [9.17, 15) is 17.6 Å². The van der Waals surface area contributed by atoms with Crippen LogP contribution in [-0.2, 0) is 0 Å². The number of rotatable bonds is 6. The van der Waals surface area contributed by atoms with Gasteiger partial charge in [-0.15, -0.1) is 0 Å². The van der Waals surface area contributed by atoms with Crippen LogP contribution in [0.1, 0.15) is 45.6 Å². The number of nitrogens with one attached hydrogen (secondary N) is 2. The third kappa shape index (κ3) is 10.0. The topological polar surface area (TPSA) is 83.1 Å². The van der Waals surface area contributed by atoms with E-state index in [1.54, 1.807) is 0 Å². The molecule has 6 aromatic carbocycles. The molecule has 0 radical (unpaired) electrons. The fourth-order valence-corrected chi connectivity index (χ4v) is 12.3. The van der Waals surface area contributed by atoms with Crippen molar-refractivity contribution in [2.24, 2.45) is 0 Å². The number of H-pyrrole nitrogens is 2. The van der Waals surface area contributed by atoms with Gasteiger partial charge in [0.15, 0.2) is 93.1 Å². The summed E-state index contributed by atoms with van der Waals surface area (Å²) in [6.45, 7) is 0. The van der Waals surface area contributed by atoms with Gasteiger partial charge in [-0.05, 0) is 97.1 Å². The number of hydrogen-bond donors (Lipinski definition) is 2. The van der Waals surface area contributed by atoms with E-state index in [0.717, 1.165) is 72.9 Å². The van der Waals surface area contributed by atoms with Gasteiger partial charge in [-0.1, -0.05) is 58.5 Å². The highest BCUT2D eigenvalue weighted by molar-refractivity contribution is 6.40. The Labute approximate surface area is 541 Å². The molecule has 3 aromatic heterocycles. The molecule has 9 aromatic rings. The van der Waals surface area contributed by atoms with Gasteiger partial charge in [0, 0.05) is 66.6 Å². The van der Waals surface area contributed by atoms with Gasteiger partial charge in [-0.2, -0.15) is 0 Å².